The number of aryl methyl sites for hydroxylation is 1. The van der Waals surface area contributed by atoms with E-state index >= 15 is 0 Å². The zero-order chi connectivity index (χ0) is 20.9. The van der Waals surface area contributed by atoms with Crippen molar-refractivity contribution < 1.29 is 13.2 Å². The van der Waals surface area contributed by atoms with E-state index in [-0.39, 0.29) is 18.2 Å². The molecule has 0 atom stereocenters. The van der Waals surface area contributed by atoms with Gasteiger partial charge in [-0.2, -0.15) is 18.3 Å². The SMILES string of the molecule is CN=C(NCc1cn(C)nc1C(F)(F)F)NC1CCN(Cc2ccccc2)CC1. The molecule has 3 rings (SSSR count). The number of likely N-dealkylation sites (tertiary alicyclic amines) is 1. The smallest absolute Gasteiger partial charge is 0.354 e. The lowest BCUT2D eigenvalue weighted by Gasteiger charge is -2.33. The van der Waals surface area contributed by atoms with E-state index in [1.807, 2.05) is 18.2 Å². The minimum atomic E-state index is -4.47. The van der Waals surface area contributed by atoms with Crippen molar-refractivity contribution in [1.29, 1.82) is 0 Å². The number of hydrogen-bond donors (Lipinski definition) is 2. The molecule has 1 aromatic carbocycles. The third-order valence-corrected chi connectivity index (χ3v) is 5.02. The number of halogens is 3. The van der Waals surface area contributed by atoms with Crippen LogP contribution in [0.5, 0.6) is 0 Å². The number of alkyl halides is 3. The predicted octanol–water partition coefficient (Wildman–Crippen LogP) is 2.77. The number of piperidine rings is 1. The first kappa shape index (κ1) is 21.2. The molecule has 0 bridgehead atoms. The third-order valence-electron chi connectivity index (χ3n) is 5.02. The highest BCUT2D eigenvalue weighted by molar-refractivity contribution is 5.80. The van der Waals surface area contributed by atoms with Gasteiger partial charge in [0.2, 0.25) is 0 Å². The van der Waals surface area contributed by atoms with Crippen LogP contribution in [0, 0.1) is 0 Å². The van der Waals surface area contributed by atoms with Crippen LogP contribution < -0.4 is 10.6 Å². The zero-order valence-corrected chi connectivity index (χ0v) is 16.7. The Morgan fingerprint density at radius 3 is 2.52 bits per heavy atom. The zero-order valence-electron chi connectivity index (χ0n) is 16.7. The first-order chi connectivity index (χ1) is 13.8. The molecule has 1 aliphatic heterocycles. The van der Waals surface area contributed by atoms with E-state index < -0.39 is 11.9 Å². The quantitative estimate of drug-likeness (QED) is 0.590. The summed E-state index contributed by atoms with van der Waals surface area (Å²) in [5.74, 6) is 0.503. The van der Waals surface area contributed by atoms with Gasteiger partial charge in [0.25, 0.3) is 0 Å². The number of aliphatic imine (C=N–C) groups is 1. The van der Waals surface area contributed by atoms with Gasteiger partial charge in [-0.3, -0.25) is 14.6 Å². The standard InChI is InChI=1S/C20H27F3N6/c1-24-19(25-12-16-14-28(2)27-18(16)20(21,22)23)26-17-8-10-29(11-9-17)13-15-6-4-3-5-7-15/h3-7,14,17H,8-13H2,1-2H3,(H2,24,25,26). The van der Waals surface area contributed by atoms with Crippen molar-refractivity contribution in [2.45, 2.75) is 38.1 Å². The molecule has 6 nitrogen and oxygen atoms in total. The van der Waals surface area contributed by atoms with Crippen molar-refractivity contribution in [3.8, 4) is 0 Å². The van der Waals surface area contributed by atoms with Gasteiger partial charge in [-0.15, -0.1) is 0 Å². The van der Waals surface area contributed by atoms with E-state index in [1.165, 1.54) is 23.5 Å². The van der Waals surface area contributed by atoms with Gasteiger partial charge in [0.05, 0.1) is 0 Å². The predicted molar refractivity (Wildman–Crippen MR) is 106 cm³/mol. The summed E-state index contributed by atoms with van der Waals surface area (Å²) in [5.41, 5.74) is 0.533. The van der Waals surface area contributed by atoms with Crippen LogP contribution >= 0.6 is 0 Å². The number of rotatable bonds is 5. The Kier molecular flexibility index (Phi) is 6.79. The highest BCUT2D eigenvalue weighted by atomic mass is 19.4. The average molecular weight is 408 g/mol. The number of guanidine groups is 1. The minimum absolute atomic E-state index is 0.00914. The van der Waals surface area contributed by atoms with E-state index in [1.54, 1.807) is 7.05 Å². The van der Waals surface area contributed by atoms with Crippen molar-refractivity contribution in [2.75, 3.05) is 20.1 Å². The first-order valence-corrected chi connectivity index (χ1v) is 9.68. The van der Waals surface area contributed by atoms with Gasteiger partial charge in [-0.25, -0.2) is 0 Å². The number of benzene rings is 1. The molecule has 0 radical (unpaired) electrons. The summed E-state index contributed by atoms with van der Waals surface area (Å²) in [7, 11) is 3.10. The van der Waals surface area contributed by atoms with E-state index in [9.17, 15) is 13.2 Å². The van der Waals surface area contributed by atoms with E-state index in [0.29, 0.717) is 5.96 Å². The number of nitrogens with one attached hydrogen (secondary N) is 2. The Bertz CT molecular complexity index is 807. The molecule has 0 spiro atoms. The largest absolute Gasteiger partial charge is 0.435 e. The molecule has 1 fully saturated rings. The molecule has 1 saturated heterocycles. The number of aromatic nitrogens is 2. The second-order valence-electron chi connectivity index (χ2n) is 7.28. The van der Waals surface area contributed by atoms with Gasteiger partial charge >= 0.3 is 6.18 Å². The van der Waals surface area contributed by atoms with Crippen LogP contribution in [-0.4, -0.2) is 46.8 Å². The van der Waals surface area contributed by atoms with Gasteiger partial charge in [0.1, 0.15) is 0 Å². The lowest BCUT2D eigenvalue weighted by molar-refractivity contribution is -0.142. The second kappa shape index (κ2) is 9.30. The molecular weight excluding hydrogens is 381 g/mol. The van der Waals surface area contributed by atoms with Gasteiger partial charge in [0.15, 0.2) is 11.7 Å². The van der Waals surface area contributed by atoms with Crippen molar-refractivity contribution in [3.63, 3.8) is 0 Å². The highest BCUT2D eigenvalue weighted by Crippen LogP contribution is 2.30. The first-order valence-electron chi connectivity index (χ1n) is 9.68. The van der Waals surface area contributed by atoms with Gasteiger partial charge in [-0.05, 0) is 18.4 Å². The van der Waals surface area contributed by atoms with Crippen molar-refractivity contribution in [1.82, 2.24) is 25.3 Å². The average Bonchev–Trinajstić information content (AvgIpc) is 3.08. The Morgan fingerprint density at radius 2 is 1.90 bits per heavy atom. The molecule has 0 aliphatic carbocycles. The Hall–Kier alpha value is -2.55. The summed E-state index contributed by atoms with van der Waals surface area (Å²) in [6.45, 7) is 2.87. The molecule has 1 aromatic heterocycles. The van der Waals surface area contributed by atoms with Crippen LogP contribution in [0.1, 0.15) is 29.7 Å². The van der Waals surface area contributed by atoms with E-state index in [0.717, 1.165) is 32.5 Å². The fraction of sp³-hybridized carbons (Fsp3) is 0.500. The Balaban J connectivity index is 1.48. The van der Waals surface area contributed by atoms with Crippen molar-refractivity contribution in [2.24, 2.45) is 12.0 Å². The molecule has 2 aromatic rings. The van der Waals surface area contributed by atoms with Crippen molar-refractivity contribution >= 4 is 5.96 Å². The van der Waals surface area contributed by atoms with Gasteiger partial charge < -0.3 is 10.6 Å². The fourth-order valence-corrected chi connectivity index (χ4v) is 3.55. The van der Waals surface area contributed by atoms with Crippen LogP contribution in [0.4, 0.5) is 13.2 Å². The monoisotopic (exact) mass is 408 g/mol. The maximum absolute atomic E-state index is 13.1. The van der Waals surface area contributed by atoms with E-state index in [4.69, 9.17) is 0 Å². The summed E-state index contributed by atoms with van der Waals surface area (Å²) in [4.78, 5) is 6.57. The molecule has 0 amide bonds. The van der Waals surface area contributed by atoms with Gasteiger partial charge in [0, 0.05) is 58.1 Å². The molecule has 158 valence electrons. The molecule has 29 heavy (non-hydrogen) atoms. The molecule has 9 heteroatoms. The number of hydrogen-bond acceptors (Lipinski definition) is 3. The Labute approximate surface area is 168 Å². The van der Waals surface area contributed by atoms with E-state index in [2.05, 4.69) is 37.8 Å². The van der Waals surface area contributed by atoms with Crippen molar-refractivity contribution in [3.05, 3.63) is 53.3 Å². The fourth-order valence-electron chi connectivity index (χ4n) is 3.55. The highest BCUT2D eigenvalue weighted by Gasteiger charge is 2.36. The van der Waals surface area contributed by atoms with Crippen LogP contribution in [0.25, 0.3) is 0 Å². The van der Waals surface area contributed by atoms with Crippen LogP contribution in [-0.2, 0) is 26.3 Å². The normalized spacial score (nSPS) is 16.8. The topological polar surface area (TPSA) is 57.5 Å². The second-order valence-corrected chi connectivity index (χ2v) is 7.28. The molecule has 2 heterocycles. The molecule has 1 aliphatic rings. The summed E-state index contributed by atoms with van der Waals surface area (Å²) in [6.07, 6.45) is -1.19. The minimum Gasteiger partial charge on any atom is -0.354 e. The van der Waals surface area contributed by atoms with Gasteiger partial charge in [-0.1, -0.05) is 30.3 Å². The lowest BCUT2D eigenvalue weighted by atomic mass is 10.0. The van der Waals surface area contributed by atoms with Crippen LogP contribution in [0.3, 0.4) is 0 Å². The molecule has 0 unspecified atom stereocenters. The maximum atomic E-state index is 13.1. The van der Waals surface area contributed by atoms with Crippen LogP contribution in [0.2, 0.25) is 0 Å². The summed E-state index contributed by atoms with van der Waals surface area (Å²) in [5, 5.41) is 9.84. The summed E-state index contributed by atoms with van der Waals surface area (Å²) >= 11 is 0. The summed E-state index contributed by atoms with van der Waals surface area (Å²) in [6, 6.07) is 10.6. The van der Waals surface area contributed by atoms with Crippen LogP contribution in [0.15, 0.2) is 41.5 Å². The lowest BCUT2D eigenvalue weighted by Crippen LogP contribution is -2.48. The Morgan fingerprint density at radius 1 is 1.21 bits per heavy atom. The maximum Gasteiger partial charge on any atom is 0.435 e. The number of nitrogens with zero attached hydrogens (tertiary/aromatic N) is 4. The molecular formula is C20H27F3N6. The molecule has 2 N–H and O–H groups in total. The third kappa shape index (κ3) is 5.96. The molecule has 0 saturated carbocycles. The summed E-state index contributed by atoms with van der Waals surface area (Å²) < 4.78 is 40.4.